The Hall–Kier alpha value is -3.81. The summed E-state index contributed by atoms with van der Waals surface area (Å²) in [6.07, 6.45) is 2.18. The van der Waals surface area contributed by atoms with Gasteiger partial charge in [0.1, 0.15) is 5.69 Å². The lowest BCUT2D eigenvalue weighted by atomic mass is 10.1. The molecular formula is C21H20N4O4. The Morgan fingerprint density at radius 3 is 2.55 bits per heavy atom. The SMILES string of the molecule is COc1cc(/C=N/NC(=O)c2[nH]nc3c2Cc2ccccc2-3)cc(OC)c1OC. The zero-order chi connectivity index (χ0) is 20.4. The normalized spacial score (nSPS) is 11.8. The molecule has 0 spiro atoms. The van der Waals surface area contributed by atoms with Crippen LogP contribution >= 0.6 is 0 Å². The quantitative estimate of drug-likeness (QED) is 0.388. The third-order valence-electron chi connectivity index (χ3n) is 4.80. The van der Waals surface area contributed by atoms with Crippen LogP contribution in [0, 0.1) is 0 Å². The highest BCUT2D eigenvalue weighted by Gasteiger charge is 2.27. The van der Waals surface area contributed by atoms with Crippen molar-refractivity contribution in [1.29, 1.82) is 0 Å². The predicted molar refractivity (Wildman–Crippen MR) is 108 cm³/mol. The van der Waals surface area contributed by atoms with Crippen LogP contribution in [0.3, 0.4) is 0 Å². The molecule has 0 fully saturated rings. The molecule has 29 heavy (non-hydrogen) atoms. The molecule has 0 aliphatic heterocycles. The van der Waals surface area contributed by atoms with E-state index in [1.54, 1.807) is 12.1 Å². The van der Waals surface area contributed by atoms with Crippen LogP contribution in [0.1, 0.15) is 27.2 Å². The van der Waals surface area contributed by atoms with Gasteiger partial charge in [-0.05, 0) is 17.7 Å². The lowest BCUT2D eigenvalue weighted by Crippen LogP contribution is -2.19. The zero-order valence-corrected chi connectivity index (χ0v) is 16.3. The third-order valence-corrected chi connectivity index (χ3v) is 4.80. The Bertz CT molecular complexity index is 1080. The summed E-state index contributed by atoms with van der Waals surface area (Å²) < 4.78 is 15.9. The van der Waals surface area contributed by atoms with Crippen LogP contribution in [0.5, 0.6) is 17.2 Å². The minimum Gasteiger partial charge on any atom is -0.493 e. The number of hydrogen-bond acceptors (Lipinski definition) is 6. The number of fused-ring (bicyclic) bond motifs is 3. The number of hydrazone groups is 1. The van der Waals surface area contributed by atoms with E-state index in [2.05, 4.69) is 20.7 Å². The Kier molecular flexibility index (Phi) is 4.90. The number of hydrogen-bond donors (Lipinski definition) is 2. The fourth-order valence-electron chi connectivity index (χ4n) is 3.44. The molecule has 148 valence electrons. The van der Waals surface area contributed by atoms with E-state index in [0.29, 0.717) is 34.9 Å². The number of amides is 1. The topological polar surface area (TPSA) is 97.8 Å². The van der Waals surface area contributed by atoms with Crippen LogP contribution in [0.4, 0.5) is 0 Å². The number of H-pyrrole nitrogens is 1. The van der Waals surface area contributed by atoms with E-state index in [9.17, 15) is 4.79 Å². The first-order chi connectivity index (χ1) is 14.2. The minimum atomic E-state index is -0.352. The van der Waals surface area contributed by atoms with Crippen molar-refractivity contribution in [2.24, 2.45) is 5.10 Å². The number of rotatable bonds is 6. The Labute approximate surface area is 167 Å². The van der Waals surface area contributed by atoms with Crippen molar-refractivity contribution in [2.75, 3.05) is 21.3 Å². The highest BCUT2D eigenvalue weighted by Crippen LogP contribution is 2.38. The van der Waals surface area contributed by atoms with E-state index in [1.807, 2.05) is 24.3 Å². The van der Waals surface area contributed by atoms with Gasteiger partial charge in [-0.25, -0.2) is 5.43 Å². The first-order valence-corrected chi connectivity index (χ1v) is 8.95. The van der Waals surface area contributed by atoms with Crippen molar-refractivity contribution >= 4 is 12.1 Å². The van der Waals surface area contributed by atoms with Crippen molar-refractivity contribution in [3.05, 3.63) is 58.8 Å². The Balaban J connectivity index is 1.51. The van der Waals surface area contributed by atoms with Gasteiger partial charge in [-0.15, -0.1) is 0 Å². The number of carbonyl (C=O) groups is 1. The van der Waals surface area contributed by atoms with Gasteiger partial charge < -0.3 is 14.2 Å². The molecule has 0 saturated heterocycles. The molecule has 0 radical (unpaired) electrons. The summed E-state index contributed by atoms with van der Waals surface area (Å²) in [5, 5.41) is 11.2. The second-order valence-corrected chi connectivity index (χ2v) is 6.42. The van der Waals surface area contributed by atoms with Gasteiger partial charge >= 0.3 is 0 Å². The molecule has 8 heteroatoms. The highest BCUT2D eigenvalue weighted by molar-refractivity contribution is 5.97. The van der Waals surface area contributed by atoms with E-state index in [4.69, 9.17) is 14.2 Å². The average molecular weight is 392 g/mol. The summed E-state index contributed by atoms with van der Waals surface area (Å²) in [7, 11) is 4.61. The molecule has 8 nitrogen and oxygen atoms in total. The van der Waals surface area contributed by atoms with E-state index in [1.165, 1.54) is 27.5 Å². The number of nitrogens with zero attached hydrogens (tertiary/aromatic N) is 2. The van der Waals surface area contributed by atoms with Crippen molar-refractivity contribution < 1.29 is 19.0 Å². The van der Waals surface area contributed by atoms with Gasteiger partial charge in [0.15, 0.2) is 11.5 Å². The number of nitrogens with one attached hydrogen (secondary N) is 2. The smallest absolute Gasteiger partial charge is 0.289 e. The first-order valence-electron chi connectivity index (χ1n) is 8.95. The van der Waals surface area contributed by atoms with Gasteiger partial charge in [0.05, 0.1) is 33.2 Å². The summed E-state index contributed by atoms with van der Waals surface area (Å²) >= 11 is 0. The molecule has 4 rings (SSSR count). The number of methoxy groups -OCH3 is 3. The summed E-state index contributed by atoms with van der Waals surface area (Å²) in [5.74, 6) is 1.14. The number of aromatic nitrogens is 2. The lowest BCUT2D eigenvalue weighted by molar-refractivity contribution is 0.0949. The summed E-state index contributed by atoms with van der Waals surface area (Å²) in [6, 6.07) is 11.5. The van der Waals surface area contributed by atoms with Crippen LogP contribution in [-0.2, 0) is 6.42 Å². The lowest BCUT2D eigenvalue weighted by Gasteiger charge is -2.12. The van der Waals surface area contributed by atoms with Crippen molar-refractivity contribution in [1.82, 2.24) is 15.6 Å². The molecule has 0 atom stereocenters. The minimum absolute atomic E-state index is 0.352. The Morgan fingerprint density at radius 1 is 1.14 bits per heavy atom. The van der Waals surface area contributed by atoms with E-state index >= 15 is 0 Å². The standard InChI is InChI=1S/C21H20N4O4/c1-27-16-8-12(9-17(28-2)20(16)29-3)11-22-25-21(26)19-15-10-13-6-4-5-7-14(13)18(15)23-24-19/h4-9,11H,10H2,1-3H3,(H,23,24)(H,25,26)/b22-11+. The van der Waals surface area contributed by atoms with Crippen molar-refractivity contribution in [3.8, 4) is 28.5 Å². The number of benzene rings is 2. The van der Waals surface area contributed by atoms with Gasteiger partial charge in [0, 0.05) is 23.1 Å². The fourth-order valence-corrected chi connectivity index (χ4v) is 3.44. The third kappa shape index (κ3) is 3.29. The average Bonchev–Trinajstić information content (AvgIpc) is 3.32. The maximum absolute atomic E-state index is 12.6. The maximum Gasteiger partial charge on any atom is 0.289 e. The molecule has 0 saturated carbocycles. The number of aromatic amines is 1. The van der Waals surface area contributed by atoms with Gasteiger partial charge in [0.2, 0.25) is 5.75 Å². The highest BCUT2D eigenvalue weighted by atomic mass is 16.5. The van der Waals surface area contributed by atoms with Gasteiger partial charge in [0.25, 0.3) is 5.91 Å². The van der Waals surface area contributed by atoms with E-state index in [-0.39, 0.29) is 5.91 Å². The van der Waals surface area contributed by atoms with Crippen LogP contribution in [0.15, 0.2) is 41.5 Å². The molecule has 1 heterocycles. The summed E-state index contributed by atoms with van der Waals surface area (Å²) in [4.78, 5) is 12.6. The van der Waals surface area contributed by atoms with Crippen molar-refractivity contribution in [3.63, 3.8) is 0 Å². The van der Waals surface area contributed by atoms with Crippen LogP contribution < -0.4 is 19.6 Å². The molecular weight excluding hydrogens is 372 g/mol. The Morgan fingerprint density at radius 2 is 1.86 bits per heavy atom. The molecule has 0 unspecified atom stereocenters. The number of ether oxygens (including phenoxy) is 3. The molecule has 2 N–H and O–H groups in total. The predicted octanol–water partition coefficient (Wildman–Crippen LogP) is 2.77. The molecule has 1 amide bonds. The van der Waals surface area contributed by atoms with Gasteiger partial charge in [-0.2, -0.15) is 10.2 Å². The second kappa shape index (κ2) is 7.67. The molecule has 1 aliphatic carbocycles. The van der Waals surface area contributed by atoms with Crippen LogP contribution in [-0.4, -0.2) is 43.6 Å². The fraction of sp³-hybridized carbons (Fsp3) is 0.190. The van der Waals surface area contributed by atoms with Crippen LogP contribution in [0.2, 0.25) is 0 Å². The first kappa shape index (κ1) is 18.5. The van der Waals surface area contributed by atoms with E-state index < -0.39 is 0 Å². The zero-order valence-electron chi connectivity index (χ0n) is 16.3. The molecule has 1 aromatic heterocycles. The maximum atomic E-state index is 12.6. The summed E-state index contributed by atoms with van der Waals surface area (Å²) in [5.41, 5.74) is 7.55. The second-order valence-electron chi connectivity index (χ2n) is 6.42. The number of carbonyl (C=O) groups excluding carboxylic acids is 1. The van der Waals surface area contributed by atoms with Crippen LogP contribution in [0.25, 0.3) is 11.3 Å². The largest absolute Gasteiger partial charge is 0.493 e. The molecule has 0 bridgehead atoms. The molecule has 1 aliphatic rings. The van der Waals surface area contributed by atoms with E-state index in [0.717, 1.165) is 22.4 Å². The monoisotopic (exact) mass is 392 g/mol. The van der Waals surface area contributed by atoms with Gasteiger partial charge in [-0.1, -0.05) is 24.3 Å². The van der Waals surface area contributed by atoms with Gasteiger partial charge in [-0.3, -0.25) is 9.89 Å². The molecule has 2 aromatic carbocycles. The molecule has 3 aromatic rings. The van der Waals surface area contributed by atoms with Crippen molar-refractivity contribution in [2.45, 2.75) is 6.42 Å². The summed E-state index contributed by atoms with van der Waals surface area (Å²) in [6.45, 7) is 0.